The van der Waals surface area contributed by atoms with Gasteiger partial charge in [-0.15, -0.1) is 0 Å². The minimum absolute atomic E-state index is 0.00507. The van der Waals surface area contributed by atoms with Crippen LogP contribution in [0.15, 0.2) is 0 Å². The van der Waals surface area contributed by atoms with Crippen LogP contribution in [0, 0.1) is 11.3 Å². The molecule has 4 heteroatoms. The van der Waals surface area contributed by atoms with E-state index in [0.29, 0.717) is 22.5 Å². The van der Waals surface area contributed by atoms with Gasteiger partial charge in [-0.3, -0.25) is 4.79 Å². The van der Waals surface area contributed by atoms with Gasteiger partial charge in [0, 0.05) is 6.42 Å². The van der Waals surface area contributed by atoms with Crippen LogP contribution in [0.3, 0.4) is 0 Å². The molecule has 0 spiro atoms. The molecule has 98 valence electrons. The number of carbonyl (C=O) groups is 1. The highest BCUT2D eigenvalue weighted by atomic mass is 32.2. The van der Waals surface area contributed by atoms with Gasteiger partial charge in [0.2, 0.25) is 4.38 Å². The maximum atomic E-state index is 11.9. The van der Waals surface area contributed by atoms with Crippen LogP contribution >= 0.6 is 24.0 Å². The van der Waals surface area contributed by atoms with Crippen molar-refractivity contribution in [3.8, 4) is 0 Å². The molecule has 0 bridgehead atoms. The van der Waals surface area contributed by atoms with Crippen molar-refractivity contribution in [1.29, 1.82) is 0 Å². The fourth-order valence-electron chi connectivity index (χ4n) is 1.96. The van der Waals surface area contributed by atoms with Gasteiger partial charge in [-0.2, -0.15) is 0 Å². The Morgan fingerprint density at radius 2 is 2.06 bits per heavy atom. The van der Waals surface area contributed by atoms with Crippen LogP contribution in [0.1, 0.15) is 47.5 Å². The quantitative estimate of drug-likeness (QED) is 0.715. The van der Waals surface area contributed by atoms with Gasteiger partial charge < -0.3 is 4.74 Å². The number of rotatable bonds is 2. The summed E-state index contributed by atoms with van der Waals surface area (Å²) in [7, 11) is 0. The SMILES string of the molecule is CC(C)OC(=S)SC1CC(C(C)(C)C)CC1=O. The molecule has 1 aliphatic rings. The molecule has 0 amide bonds. The lowest BCUT2D eigenvalue weighted by Gasteiger charge is -2.26. The molecule has 17 heavy (non-hydrogen) atoms. The molecule has 2 nitrogen and oxygen atoms in total. The van der Waals surface area contributed by atoms with Crippen molar-refractivity contribution < 1.29 is 9.53 Å². The van der Waals surface area contributed by atoms with Crippen LogP contribution in [0.2, 0.25) is 0 Å². The molecule has 0 N–H and O–H groups in total. The third kappa shape index (κ3) is 4.59. The summed E-state index contributed by atoms with van der Waals surface area (Å²) in [6.07, 6.45) is 1.70. The van der Waals surface area contributed by atoms with Crippen LogP contribution in [-0.2, 0) is 9.53 Å². The van der Waals surface area contributed by atoms with Crippen molar-refractivity contribution in [3.05, 3.63) is 0 Å². The predicted octanol–water partition coefficient (Wildman–Crippen LogP) is 3.82. The van der Waals surface area contributed by atoms with Gasteiger partial charge in [-0.05, 0) is 43.8 Å². The summed E-state index contributed by atoms with van der Waals surface area (Å²) in [4.78, 5) is 11.9. The molecule has 0 aliphatic heterocycles. The third-order valence-electron chi connectivity index (χ3n) is 3.10. The summed E-state index contributed by atoms with van der Waals surface area (Å²) in [5.41, 5.74) is 0.200. The zero-order valence-electron chi connectivity index (χ0n) is 11.3. The van der Waals surface area contributed by atoms with Crippen molar-refractivity contribution in [2.24, 2.45) is 11.3 Å². The summed E-state index contributed by atoms with van der Waals surface area (Å²) in [6, 6.07) is 0. The first-order chi connectivity index (χ1) is 7.70. The largest absolute Gasteiger partial charge is 0.476 e. The Balaban J connectivity index is 2.52. The van der Waals surface area contributed by atoms with Crippen LogP contribution in [-0.4, -0.2) is 21.5 Å². The second kappa shape index (κ2) is 5.70. The first kappa shape index (κ1) is 15.0. The molecular formula is C13H22O2S2. The molecule has 2 atom stereocenters. The van der Waals surface area contributed by atoms with Gasteiger partial charge >= 0.3 is 0 Å². The van der Waals surface area contributed by atoms with E-state index in [1.165, 1.54) is 11.8 Å². The van der Waals surface area contributed by atoms with Gasteiger partial charge in [-0.25, -0.2) is 0 Å². The number of thioether (sulfide) groups is 1. The Morgan fingerprint density at radius 3 is 2.47 bits per heavy atom. The molecule has 0 radical (unpaired) electrons. The van der Waals surface area contributed by atoms with Crippen LogP contribution < -0.4 is 0 Å². The van der Waals surface area contributed by atoms with Crippen molar-refractivity contribution in [2.75, 3.05) is 0 Å². The van der Waals surface area contributed by atoms with Gasteiger partial charge in [0.15, 0.2) is 0 Å². The lowest BCUT2D eigenvalue weighted by molar-refractivity contribution is -0.117. The van der Waals surface area contributed by atoms with Gasteiger partial charge in [0.25, 0.3) is 0 Å². The van der Waals surface area contributed by atoms with E-state index >= 15 is 0 Å². The van der Waals surface area contributed by atoms with E-state index in [1.54, 1.807) is 0 Å². The summed E-state index contributed by atoms with van der Waals surface area (Å²) in [5.74, 6) is 0.791. The van der Waals surface area contributed by atoms with Crippen LogP contribution in [0.25, 0.3) is 0 Å². The molecule has 0 saturated heterocycles. The number of thiocarbonyl (C=S) groups is 1. The molecule has 0 aromatic carbocycles. The van der Waals surface area contributed by atoms with Gasteiger partial charge in [0.1, 0.15) is 5.78 Å². The Bertz CT molecular complexity index is 305. The van der Waals surface area contributed by atoms with Crippen LogP contribution in [0.5, 0.6) is 0 Å². The minimum atomic E-state index is 0.00507. The number of ether oxygens (including phenoxy) is 1. The first-order valence-corrected chi connectivity index (χ1v) is 7.39. The Morgan fingerprint density at radius 1 is 1.47 bits per heavy atom. The fourth-order valence-corrected chi connectivity index (χ4v) is 3.53. The molecule has 0 aromatic heterocycles. The van der Waals surface area contributed by atoms with Crippen molar-refractivity contribution in [3.63, 3.8) is 0 Å². The summed E-state index contributed by atoms with van der Waals surface area (Å²) < 4.78 is 5.93. The number of carbonyl (C=O) groups excluding carboxylic acids is 1. The normalized spacial score (nSPS) is 25.4. The summed E-state index contributed by atoms with van der Waals surface area (Å²) in [6.45, 7) is 10.5. The second-order valence-corrected chi connectivity index (χ2v) is 7.80. The molecule has 1 fully saturated rings. The van der Waals surface area contributed by atoms with Crippen molar-refractivity contribution >= 4 is 34.1 Å². The van der Waals surface area contributed by atoms with E-state index in [-0.39, 0.29) is 16.8 Å². The van der Waals surface area contributed by atoms with Crippen molar-refractivity contribution in [2.45, 2.75) is 58.8 Å². The highest BCUT2D eigenvalue weighted by Gasteiger charge is 2.39. The molecule has 1 rings (SSSR count). The molecule has 1 aliphatic carbocycles. The first-order valence-electron chi connectivity index (χ1n) is 6.10. The smallest absolute Gasteiger partial charge is 0.220 e. The third-order valence-corrected chi connectivity index (χ3v) is 4.51. The zero-order chi connectivity index (χ0) is 13.2. The van der Waals surface area contributed by atoms with Gasteiger partial charge in [0.05, 0.1) is 11.4 Å². The highest BCUT2D eigenvalue weighted by Crippen LogP contribution is 2.41. The van der Waals surface area contributed by atoms with Crippen molar-refractivity contribution in [1.82, 2.24) is 0 Å². The minimum Gasteiger partial charge on any atom is -0.476 e. The standard InChI is InChI=1S/C13H22O2S2/c1-8(2)15-12(16)17-11-7-9(6-10(11)14)13(3,4)5/h8-9,11H,6-7H2,1-5H3. The lowest BCUT2D eigenvalue weighted by Crippen LogP contribution is -2.18. The molecule has 0 heterocycles. The van der Waals surface area contributed by atoms with Gasteiger partial charge in [-0.1, -0.05) is 32.5 Å². The number of hydrogen-bond donors (Lipinski definition) is 0. The maximum Gasteiger partial charge on any atom is 0.220 e. The summed E-state index contributed by atoms with van der Waals surface area (Å²) in [5, 5.41) is 0.00507. The van der Waals surface area contributed by atoms with E-state index in [2.05, 4.69) is 20.8 Å². The lowest BCUT2D eigenvalue weighted by atomic mass is 9.80. The Labute approximate surface area is 114 Å². The Kier molecular flexibility index (Phi) is 5.02. The topological polar surface area (TPSA) is 26.3 Å². The van der Waals surface area contributed by atoms with E-state index in [4.69, 9.17) is 17.0 Å². The maximum absolute atomic E-state index is 11.9. The predicted molar refractivity (Wildman–Crippen MR) is 77.4 cm³/mol. The Hall–Kier alpha value is -0.0900. The average molecular weight is 274 g/mol. The van der Waals surface area contributed by atoms with E-state index in [0.717, 1.165) is 6.42 Å². The molecular weight excluding hydrogens is 252 g/mol. The molecule has 2 unspecified atom stereocenters. The van der Waals surface area contributed by atoms with E-state index in [1.807, 2.05) is 13.8 Å². The number of hydrogen-bond acceptors (Lipinski definition) is 4. The van der Waals surface area contributed by atoms with E-state index < -0.39 is 0 Å². The van der Waals surface area contributed by atoms with E-state index in [9.17, 15) is 4.79 Å². The molecule has 0 aromatic rings. The van der Waals surface area contributed by atoms with Crippen LogP contribution in [0.4, 0.5) is 0 Å². The second-order valence-electron chi connectivity index (χ2n) is 5.99. The number of ketones is 1. The average Bonchev–Trinajstić information content (AvgIpc) is 2.45. The highest BCUT2D eigenvalue weighted by molar-refractivity contribution is 8.23. The number of Topliss-reactive ketones (excluding diaryl/α,β-unsaturated/α-hetero) is 1. The fraction of sp³-hybridized carbons (Fsp3) is 0.846. The molecule has 1 saturated carbocycles. The zero-order valence-corrected chi connectivity index (χ0v) is 12.9. The summed E-state index contributed by atoms with van der Waals surface area (Å²) >= 11 is 6.56. The monoisotopic (exact) mass is 274 g/mol.